The Morgan fingerprint density at radius 3 is 2.70 bits per heavy atom. The van der Waals surface area contributed by atoms with Crippen LogP contribution in [0.4, 0.5) is 0 Å². The molecule has 0 bridgehead atoms. The fourth-order valence-corrected chi connectivity index (χ4v) is 0.729. The van der Waals surface area contributed by atoms with Gasteiger partial charge >= 0.3 is 14.6 Å². The Morgan fingerprint density at radius 1 is 1.60 bits per heavy atom. The normalized spacial score (nSPS) is 30.4. The van der Waals surface area contributed by atoms with Crippen molar-refractivity contribution < 1.29 is 14.3 Å². The Morgan fingerprint density at radius 2 is 2.30 bits per heavy atom. The first kappa shape index (κ1) is 7.64. The monoisotopic (exact) mass is 164 g/mol. The van der Waals surface area contributed by atoms with Crippen molar-refractivity contribution >= 4 is 14.9 Å². The molecule has 56 valence electrons. The van der Waals surface area contributed by atoms with Gasteiger partial charge in [-0.05, 0) is 0 Å². The van der Waals surface area contributed by atoms with Gasteiger partial charge in [-0.3, -0.25) is 5.73 Å². The fraction of sp³-hybridized carbons (Fsp3) is 0.500. The first-order chi connectivity index (χ1) is 4.62. The maximum absolute atomic E-state index is 8.32. The zero-order valence-corrected chi connectivity index (χ0v) is 5.64. The van der Waals surface area contributed by atoms with E-state index >= 15 is 0 Å². The average molecular weight is 164 g/mol. The molecular weight excluding hydrogens is 159 g/mol. The highest BCUT2D eigenvalue weighted by molar-refractivity contribution is 7.39. The van der Waals surface area contributed by atoms with E-state index in [9.17, 15) is 0 Å². The second-order valence-corrected chi connectivity index (χ2v) is 2.15. The zero-order valence-electron chi connectivity index (χ0n) is 4.75. The summed E-state index contributed by atoms with van der Waals surface area (Å²) in [5, 5.41) is 6.52. The van der Waals surface area contributed by atoms with Crippen molar-refractivity contribution in [2.24, 2.45) is 21.0 Å². The first-order valence-electron chi connectivity index (χ1n) is 2.24. The fourth-order valence-electron chi connectivity index (χ4n) is 0.405. The number of nitrogens with two attached hydrogens (primary N) is 1. The second-order valence-electron chi connectivity index (χ2n) is 1.46. The summed E-state index contributed by atoms with van der Waals surface area (Å²) >= 11 is 0. The lowest BCUT2D eigenvalue weighted by molar-refractivity contribution is 0.0776. The van der Waals surface area contributed by atoms with Gasteiger partial charge in [-0.25, -0.2) is 4.52 Å². The predicted molar refractivity (Wildman–Crippen MR) is 32.7 cm³/mol. The van der Waals surface area contributed by atoms with Crippen molar-refractivity contribution in [3.8, 4) is 0 Å². The van der Waals surface area contributed by atoms with Crippen LogP contribution < -0.4 is 5.73 Å². The topological polar surface area (TPSA) is 113 Å². The van der Waals surface area contributed by atoms with Crippen LogP contribution in [-0.4, -0.2) is 22.1 Å². The SMILES string of the molecule is NC1(OP(O)O)N=CN=N1. The molecule has 1 aliphatic heterocycles. The first-order valence-corrected chi connectivity index (χ1v) is 3.40. The number of hydrogen-bond donors (Lipinski definition) is 3. The molecule has 0 radical (unpaired) electrons. The molecule has 0 amide bonds. The van der Waals surface area contributed by atoms with Crippen LogP contribution in [0.2, 0.25) is 0 Å². The summed E-state index contributed by atoms with van der Waals surface area (Å²) in [7, 11) is -2.55. The van der Waals surface area contributed by atoms with Gasteiger partial charge in [0.05, 0.1) is 0 Å². The largest absolute Gasteiger partial charge is 0.343 e. The lowest BCUT2D eigenvalue weighted by Crippen LogP contribution is -2.34. The van der Waals surface area contributed by atoms with Crippen molar-refractivity contribution in [2.75, 3.05) is 0 Å². The van der Waals surface area contributed by atoms with Gasteiger partial charge in [0.1, 0.15) is 6.34 Å². The Bertz CT molecular complexity index is 167. The summed E-state index contributed by atoms with van der Waals surface area (Å²) in [5.41, 5.74) is 5.18. The smallest absolute Gasteiger partial charge is 0.328 e. The molecule has 0 aromatic rings. The molecule has 0 saturated carbocycles. The van der Waals surface area contributed by atoms with Crippen LogP contribution in [-0.2, 0) is 4.52 Å². The second kappa shape index (κ2) is 2.65. The van der Waals surface area contributed by atoms with Gasteiger partial charge in [0.25, 0.3) is 0 Å². The Kier molecular flexibility index (Phi) is 2.02. The maximum Gasteiger partial charge on any atom is 0.343 e. The third kappa shape index (κ3) is 1.76. The highest BCUT2D eigenvalue weighted by Gasteiger charge is 2.30. The van der Waals surface area contributed by atoms with Crippen molar-refractivity contribution in [2.45, 2.75) is 5.97 Å². The van der Waals surface area contributed by atoms with Crippen LogP contribution in [0, 0.1) is 0 Å². The molecule has 0 aromatic heterocycles. The summed E-state index contributed by atoms with van der Waals surface area (Å²) in [6, 6.07) is 0. The van der Waals surface area contributed by atoms with Crippen LogP contribution in [0.1, 0.15) is 0 Å². The van der Waals surface area contributed by atoms with E-state index in [0.29, 0.717) is 0 Å². The third-order valence-electron chi connectivity index (χ3n) is 0.711. The number of nitrogens with zero attached hydrogens (tertiary/aromatic N) is 3. The lowest BCUT2D eigenvalue weighted by Gasteiger charge is -2.14. The molecular formula is C2H5N4O3P. The van der Waals surface area contributed by atoms with Gasteiger partial charge < -0.3 is 9.79 Å². The average Bonchev–Trinajstić information content (AvgIpc) is 2.12. The Balaban J connectivity index is 2.53. The van der Waals surface area contributed by atoms with Crippen molar-refractivity contribution in [1.82, 2.24) is 0 Å². The summed E-state index contributed by atoms with van der Waals surface area (Å²) in [5.74, 6) is -1.73. The number of aliphatic imine (C=N–C) groups is 1. The number of hydrogen-bond acceptors (Lipinski definition) is 7. The molecule has 0 spiro atoms. The minimum absolute atomic E-state index is 1.07. The molecule has 8 heteroatoms. The van der Waals surface area contributed by atoms with E-state index in [1.165, 1.54) is 0 Å². The van der Waals surface area contributed by atoms with E-state index in [0.717, 1.165) is 6.34 Å². The Hall–Kier alpha value is -0.460. The summed E-state index contributed by atoms with van der Waals surface area (Å²) in [6.07, 6.45) is 1.07. The molecule has 0 saturated heterocycles. The van der Waals surface area contributed by atoms with Gasteiger partial charge in [-0.1, -0.05) is 0 Å². The minimum atomic E-state index is -2.55. The van der Waals surface area contributed by atoms with Gasteiger partial charge in [0, 0.05) is 0 Å². The third-order valence-corrected chi connectivity index (χ3v) is 1.14. The molecule has 0 fully saturated rings. The van der Waals surface area contributed by atoms with E-state index in [-0.39, 0.29) is 0 Å². The standard InChI is InChI=1S/C2H5N4O3P/c3-2(9-10(7)8)4-1-5-6-2/h1,7-8H,3H2. The minimum Gasteiger partial charge on any atom is -0.328 e. The van der Waals surface area contributed by atoms with Crippen LogP contribution in [0.25, 0.3) is 0 Å². The molecule has 1 aliphatic rings. The van der Waals surface area contributed by atoms with Gasteiger partial charge in [0.15, 0.2) is 0 Å². The van der Waals surface area contributed by atoms with Gasteiger partial charge in [0.2, 0.25) is 0 Å². The van der Waals surface area contributed by atoms with Crippen LogP contribution in [0.3, 0.4) is 0 Å². The lowest BCUT2D eigenvalue weighted by atomic mass is 10.8. The van der Waals surface area contributed by atoms with Crippen LogP contribution in [0.5, 0.6) is 0 Å². The molecule has 4 N–H and O–H groups in total. The summed E-state index contributed by atoms with van der Waals surface area (Å²) in [6.45, 7) is 0. The molecule has 10 heavy (non-hydrogen) atoms. The summed E-state index contributed by atoms with van der Waals surface area (Å²) < 4.78 is 4.29. The summed E-state index contributed by atoms with van der Waals surface area (Å²) in [4.78, 5) is 20.0. The van der Waals surface area contributed by atoms with Crippen molar-refractivity contribution in [3.05, 3.63) is 0 Å². The van der Waals surface area contributed by atoms with Crippen LogP contribution >= 0.6 is 8.60 Å². The van der Waals surface area contributed by atoms with Crippen molar-refractivity contribution in [1.29, 1.82) is 0 Å². The molecule has 1 atom stereocenters. The quantitative estimate of drug-likeness (QED) is 0.369. The van der Waals surface area contributed by atoms with E-state index in [1.54, 1.807) is 0 Å². The highest BCUT2D eigenvalue weighted by atomic mass is 31.2. The molecule has 1 heterocycles. The number of azo groups is 1. The Labute approximate surface area is 57.2 Å². The zero-order chi connectivity index (χ0) is 7.61. The number of rotatable bonds is 2. The van der Waals surface area contributed by atoms with E-state index in [4.69, 9.17) is 15.5 Å². The van der Waals surface area contributed by atoms with Crippen LogP contribution in [0.15, 0.2) is 15.2 Å². The van der Waals surface area contributed by atoms with E-state index in [1.807, 2.05) is 0 Å². The molecule has 0 aliphatic carbocycles. The van der Waals surface area contributed by atoms with Gasteiger partial charge in [-0.15, -0.1) is 10.2 Å². The van der Waals surface area contributed by atoms with Gasteiger partial charge in [-0.2, -0.15) is 4.99 Å². The predicted octanol–water partition coefficient (Wildman–Crippen LogP) is -0.721. The molecule has 0 aromatic carbocycles. The van der Waals surface area contributed by atoms with E-state index in [2.05, 4.69) is 19.7 Å². The molecule has 1 unspecified atom stereocenters. The molecule has 7 nitrogen and oxygen atoms in total. The maximum atomic E-state index is 8.32. The van der Waals surface area contributed by atoms with Crippen molar-refractivity contribution in [3.63, 3.8) is 0 Å². The van der Waals surface area contributed by atoms with E-state index < -0.39 is 14.6 Å². The highest BCUT2D eigenvalue weighted by Crippen LogP contribution is 2.32. The molecule has 1 rings (SSSR count).